The van der Waals surface area contributed by atoms with Gasteiger partial charge in [0, 0.05) is 41.8 Å². The molecule has 5 atom stereocenters. The summed E-state index contributed by atoms with van der Waals surface area (Å²) < 4.78 is 0. The Morgan fingerprint density at radius 1 is 0.951 bits per heavy atom. The zero-order valence-electron chi connectivity index (χ0n) is 23.9. The minimum atomic E-state index is -1.16. The Balaban J connectivity index is 1.88. The van der Waals surface area contributed by atoms with Crippen molar-refractivity contribution in [2.24, 2.45) is 17.6 Å². The number of carboxylic acids is 1. The van der Waals surface area contributed by atoms with E-state index in [0.29, 0.717) is 18.5 Å². The third-order valence-electron chi connectivity index (χ3n) is 7.18. The average molecular weight is 568 g/mol. The number of fused-ring (bicyclic) bond motifs is 1. The lowest BCUT2D eigenvalue weighted by atomic mass is 9.98. The number of nitrogens with two attached hydrogens (primary N) is 1. The van der Waals surface area contributed by atoms with Crippen molar-refractivity contribution in [3.8, 4) is 0 Å². The Hall–Kier alpha value is -4.19. The SMILES string of the molecule is CCC(C)C(NC(=O)C(Cc1cnc[nH]1)NC(=O)C(Cc1c[nH]c2ccccc12)NC(=O)C(N)CC(C)C)C(=O)O. The maximum Gasteiger partial charge on any atom is 0.326 e. The smallest absolute Gasteiger partial charge is 0.326 e. The quantitative estimate of drug-likeness (QED) is 0.145. The molecule has 2 aromatic heterocycles. The van der Waals surface area contributed by atoms with E-state index in [1.54, 1.807) is 13.1 Å². The van der Waals surface area contributed by atoms with Crippen molar-refractivity contribution < 1.29 is 24.3 Å². The van der Waals surface area contributed by atoms with Crippen molar-refractivity contribution in [2.45, 2.75) is 77.5 Å². The van der Waals surface area contributed by atoms with Crippen LogP contribution in [0.2, 0.25) is 0 Å². The number of rotatable bonds is 15. The van der Waals surface area contributed by atoms with E-state index in [9.17, 15) is 24.3 Å². The fourth-order valence-corrected chi connectivity index (χ4v) is 4.66. The number of hydrogen-bond donors (Lipinski definition) is 7. The molecule has 5 unspecified atom stereocenters. The highest BCUT2D eigenvalue weighted by atomic mass is 16.4. The summed E-state index contributed by atoms with van der Waals surface area (Å²) in [7, 11) is 0. The highest BCUT2D eigenvalue weighted by Gasteiger charge is 2.32. The number of aromatic amines is 2. The summed E-state index contributed by atoms with van der Waals surface area (Å²) in [6.45, 7) is 7.46. The first kappa shape index (κ1) is 31.3. The molecule has 0 radical (unpaired) electrons. The number of hydrogen-bond acceptors (Lipinski definition) is 6. The second kappa shape index (κ2) is 14.4. The predicted molar refractivity (Wildman–Crippen MR) is 155 cm³/mol. The number of carbonyl (C=O) groups is 4. The molecule has 0 saturated carbocycles. The second-order valence-electron chi connectivity index (χ2n) is 10.9. The summed E-state index contributed by atoms with van der Waals surface area (Å²) in [6.07, 6.45) is 5.88. The molecule has 0 aliphatic rings. The van der Waals surface area contributed by atoms with Gasteiger partial charge in [-0.1, -0.05) is 52.3 Å². The second-order valence-corrected chi connectivity index (χ2v) is 10.9. The number of H-pyrrole nitrogens is 2. The van der Waals surface area contributed by atoms with E-state index in [1.807, 2.05) is 45.0 Å². The summed E-state index contributed by atoms with van der Waals surface area (Å²) in [5, 5.41) is 18.7. The van der Waals surface area contributed by atoms with Crippen LogP contribution < -0.4 is 21.7 Å². The van der Waals surface area contributed by atoms with Gasteiger partial charge in [-0.25, -0.2) is 9.78 Å². The number of imidazole rings is 1. The van der Waals surface area contributed by atoms with Crippen molar-refractivity contribution in [3.63, 3.8) is 0 Å². The predicted octanol–water partition coefficient (Wildman–Crippen LogP) is 1.63. The number of nitrogens with one attached hydrogen (secondary N) is 5. The van der Waals surface area contributed by atoms with Crippen LogP contribution in [-0.4, -0.2) is 67.9 Å². The molecule has 222 valence electrons. The number of benzene rings is 1. The molecular formula is C29H41N7O5. The van der Waals surface area contributed by atoms with E-state index in [-0.39, 0.29) is 24.7 Å². The van der Waals surface area contributed by atoms with Crippen LogP contribution in [0, 0.1) is 11.8 Å². The number of aliphatic carboxylic acids is 1. The fourth-order valence-electron chi connectivity index (χ4n) is 4.66. The fraction of sp³-hybridized carbons (Fsp3) is 0.483. The Bertz CT molecular complexity index is 1320. The van der Waals surface area contributed by atoms with Crippen LogP contribution in [0.5, 0.6) is 0 Å². The highest BCUT2D eigenvalue weighted by molar-refractivity contribution is 5.95. The molecule has 12 heteroatoms. The van der Waals surface area contributed by atoms with Crippen LogP contribution in [0.4, 0.5) is 0 Å². The largest absolute Gasteiger partial charge is 0.480 e. The van der Waals surface area contributed by atoms with Gasteiger partial charge in [-0.2, -0.15) is 0 Å². The molecule has 1 aromatic carbocycles. The van der Waals surface area contributed by atoms with Crippen molar-refractivity contribution in [1.29, 1.82) is 0 Å². The van der Waals surface area contributed by atoms with Gasteiger partial charge in [-0.15, -0.1) is 0 Å². The average Bonchev–Trinajstić information content (AvgIpc) is 3.59. The number of aromatic nitrogens is 3. The first-order valence-corrected chi connectivity index (χ1v) is 13.9. The van der Waals surface area contributed by atoms with E-state index in [2.05, 4.69) is 30.9 Å². The van der Waals surface area contributed by atoms with E-state index in [1.165, 1.54) is 12.5 Å². The molecule has 0 saturated heterocycles. The Labute approximate surface area is 239 Å². The van der Waals surface area contributed by atoms with Gasteiger partial charge in [-0.05, 0) is 29.9 Å². The first-order chi connectivity index (χ1) is 19.5. The summed E-state index contributed by atoms with van der Waals surface area (Å²) in [5.74, 6) is -3.06. The van der Waals surface area contributed by atoms with Crippen LogP contribution in [0.15, 0.2) is 43.0 Å². The summed E-state index contributed by atoms with van der Waals surface area (Å²) in [5.41, 5.74) is 8.36. The van der Waals surface area contributed by atoms with Crippen LogP contribution in [0.3, 0.4) is 0 Å². The van der Waals surface area contributed by atoms with E-state index >= 15 is 0 Å². The third kappa shape index (κ3) is 8.65. The maximum absolute atomic E-state index is 13.7. The van der Waals surface area contributed by atoms with Crippen molar-refractivity contribution in [2.75, 3.05) is 0 Å². The van der Waals surface area contributed by atoms with Gasteiger partial charge in [-0.3, -0.25) is 14.4 Å². The molecule has 3 rings (SSSR count). The minimum Gasteiger partial charge on any atom is -0.480 e. The Morgan fingerprint density at radius 2 is 1.61 bits per heavy atom. The van der Waals surface area contributed by atoms with Gasteiger partial charge < -0.3 is 36.8 Å². The summed E-state index contributed by atoms with van der Waals surface area (Å²) in [6, 6.07) is 3.45. The van der Waals surface area contributed by atoms with Gasteiger partial charge in [0.2, 0.25) is 17.7 Å². The minimum absolute atomic E-state index is 0.0328. The number of nitrogens with zero attached hydrogens (tertiary/aromatic N) is 1. The van der Waals surface area contributed by atoms with Crippen molar-refractivity contribution >= 4 is 34.6 Å². The molecule has 12 nitrogen and oxygen atoms in total. The van der Waals surface area contributed by atoms with E-state index in [4.69, 9.17) is 5.73 Å². The Morgan fingerprint density at radius 3 is 2.24 bits per heavy atom. The first-order valence-electron chi connectivity index (χ1n) is 13.9. The number of carboxylic acid groups (broad SMARTS) is 1. The lowest BCUT2D eigenvalue weighted by Crippen LogP contribution is -2.58. The molecule has 3 amide bonds. The zero-order chi connectivity index (χ0) is 30.1. The number of carbonyl (C=O) groups excluding carboxylic acids is 3. The zero-order valence-corrected chi connectivity index (χ0v) is 23.9. The van der Waals surface area contributed by atoms with E-state index in [0.717, 1.165) is 16.5 Å². The molecule has 0 bridgehead atoms. The standard InChI is InChI=1S/C29H41N7O5/c1-5-17(4)25(29(40)41)36-28(39)24(12-19-14-31-15-33-19)35-27(38)23(34-26(37)21(30)10-16(2)3)11-18-13-32-22-9-7-6-8-20(18)22/h6-9,13-17,21,23-25,32H,5,10-12,30H2,1-4H3,(H,31,33)(H,34,37)(H,35,38)(H,36,39)(H,40,41). The summed E-state index contributed by atoms with van der Waals surface area (Å²) in [4.78, 5) is 62.0. The number of para-hydroxylation sites is 1. The van der Waals surface area contributed by atoms with Crippen LogP contribution in [-0.2, 0) is 32.0 Å². The van der Waals surface area contributed by atoms with Crippen molar-refractivity contribution in [3.05, 3.63) is 54.2 Å². The van der Waals surface area contributed by atoms with E-state index < -0.39 is 47.9 Å². The lowest BCUT2D eigenvalue weighted by molar-refractivity contribution is -0.143. The topological polar surface area (TPSA) is 195 Å². The van der Waals surface area contributed by atoms with Crippen molar-refractivity contribution in [1.82, 2.24) is 30.9 Å². The molecule has 41 heavy (non-hydrogen) atoms. The summed E-state index contributed by atoms with van der Waals surface area (Å²) >= 11 is 0. The molecule has 0 spiro atoms. The molecule has 0 aliphatic carbocycles. The lowest BCUT2D eigenvalue weighted by Gasteiger charge is -2.26. The molecule has 8 N–H and O–H groups in total. The monoisotopic (exact) mass is 567 g/mol. The normalized spacial score (nSPS) is 15.1. The van der Waals surface area contributed by atoms with Gasteiger partial charge in [0.05, 0.1) is 12.4 Å². The van der Waals surface area contributed by atoms with Crippen LogP contribution in [0.1, 0.15) is 51.8 Å². The number of amides is 3. The van der Waals surface area contributed by atoms with Crippen LogP contribution >= 0.6 is 0 Å². The third-order valence-corrected chi connectivity index (χ3v) is 7.18. The molecule has 2 heterocycles. The van der Waals surface area contributed by atoms with Gasteiger partial charge >= 0.3 is 5.97 Å². The van der Waals surface area contributed by atoms with Gasteiger partial charge in [0.1, 0.15) is 18.1 Å². The molecule has 3 aromatic rings. The Kier molecular flexibility index (Phi) is 11.0. The molecule has 0 aliphatic heterocycles. The molecular weight excluding hydrogens is 526 g/mol. The maximum atomic E-state index is 13.7. The van der Waals surface area contributed by atoms with Gasteiger partial charge in [0.25, 0.3) is 0 Å². The van der Waals surface area contributed by atoms with Gasteiger partial charge in [0.15, 0.2) is 0 Å². The molecule has 0 fully saturated rings. The van der Waals surface area contributed by atoms with Crippen LogP contribution in [0.25, 0.3) is 10.9 Å². The highest BCUT2D eigenvalue weighted by Crippen LogP contribution is 2.19.